The van der Waals surface area contributed by atoms with Crippen LogP contribution >= 0.6 is 0 Å². The molecule has 0 unspecified atom stereocenters. The molecule has 1 aromatic carbocycles. The van der Waals surface area contributed by atoms with Crippen LogP contribution in [0.25, 0.3) is 6.08 Å². The molecule has 0 amide bonds. The van der Waals surface area contributed by atoms with E-state index < -0.39 is 17.1 Å². The number of hydrogen-bond acceptors (Lipinski definition) is 4. The molecule has 0 aliphatic carbocycles. The Morgan fingerprint density at radius 2 is 2.00 bits per heavy atom. The second kappa shape index (κ2) is 6.49. The summed E-state index contributed by atoms with van der Waals surface area (Å²) >= 11 is 0. The van der Waals surface area contributed by atoms with Crippen LogP contribution in [0.1, 0.15) is 11.1 Å². The molecule has 0 atom stereocenters. The predicted molar refractivity (Wildman–Crippen MR) is 88.7 cm³/mol. The minimum atomic E-state index is -0.702. The van der Waals surface area contributed by atoms with Gasteiger partial charge in [0.2, 0.25) is 5.88 Å². The number of halogens is 1. The molecular weight excluding hydrogens is 313 g/mol. The first-order valence-corrected chi connectivity index (χ1v) is 7.27. The van der Waals surface area contributed by atoms with E-state index in [0.29, 0.717) is 12.1 Å². The number of aryl methyl sites for hydroxylation is 1. The molecule has 0 saturated heterocycles. The number of allylic oxidation sites excluding steroid dienone is 2. The normalized spacial score (nSPS) is 14.6. The van der Waals surface area contributed by atoms with Crippen molar-refractivity contribution in [2.45, 2.75) is 13.0 Å². The Kier molecular flexibility index (Phi) is 4.24. The number of aliphatic imine (C=N–C) groups is 1. The Morgan fingerprint density at radius 3 is 2.67 bits per heavy atom. The highest BCUT2D eigenvalue weighted by atomic mass is 19.1. The maximum Gasteiger partial charge on any atom is 0.331 e. The van der Waals surface area contributed by atoms with Crippen LogP contribution in [-0.4, -0.2) is 20.9 Å². The summed E-state index contributed by atoms with van der Waals surface area (Å²) in [6.07, 6.45) is 6.73. The molecule has 122 valence electrons. The maximum absolute atomic E-state index is 12.9. The van der Waals surface area contributed by atoms with Crippen molar-refractivity contribution < 1.29 is 9.50 Å². The van der Waals surface area contributed by atoms with Crippen LogP contribution in [-0.2, 0) is 13.0 Å². The van der Waals surface area contributed by atoms with Gasteiger partial charge in [0.1, 0.15) is 11.4 Å². The number of hydrogen-bond donors (Lipinski definition) is 2. The SMILES string of the molecule is O=c1[nH]c(=O)n(CCc2ccc(F)cc2)c(O)c1C=C1C=CC=N1. The van der Waals surface area contributed by atoms with E-state index in [1.807, 2.05) is 0 Å². The highest BCUT2D eigenvalue weighted by molar-refractivity contribution is 5.79. The predicted octanol–water partition coefficient (Wildman–Crippen LogP) is 1.61. The maximum atomic E-state index is 12.9. The lowest BCUT2D eigenvalue weighted by Crippen LogP contribution is -2.31. The van der Waals surface area contributed by atoms with Gasteiger partial charge in [-0.15, -0.1) is 0 Å². The summed E-state index contributed by atoms with van der Waals surface area (Å²) in [6.45, 7) is 0.141. The first kappa shape index (κ1) is 15.7. The monoisotopic (exact) mass is 327 g/mol. The van der Waals surface area contributed by atoms with Gasteiger partial charge in [0, 0.05) is 12.8 Å². The average molecular weight is 327 g/mol. The third-order valence-electron chi connectivity index (χ3n) is 3.61. The quantitative estimate of drug-likeness (QED) is 0.894. The zero-order valence-electron chi connectivity index (χ0n) is 12.6. The Morgan fingerprint density at radius 1 is 1.25 bits per heavy atom. The number of H-pyrrole nitrogens is 1. The zero-order valence-corrected chi connectivity index (χ0v) is 12.6. The highest BCUT2D eigenvalue weighted by Crippen LogP contribution is 2.17. The van der Waals surface area contributed by atoms with Crippen molar-refractivity contribution in [2.24, 2.45) is 4.99 Å². The van der Waals surface area contributed by atoms with Gasteiger partial charge in [0.05, 0.1) is 5.70 Å². The van der Waals surface area contributed by atoms with E-state index >= 15 is 0 Å². The van der Waals surface area contributed by atoms with Crippen molar-refractivity contribution in [3.63, 3.8) is 0 Å². The van der Waals surface area contributed by atoms with Crippen LogP contribution in [0.15, 0.2) is 56.7 Å². The van der Waals surface area contributed by atoms with Crippen LogP contribution in [0.5, 0.6) is 5.88 Å². The van der Waals surface area contributed by atoms with Crippen LogP contribution in [0, 0.1) is 5.82 Å². The molecule has 2 aromatic rings. The summed E-state index contributed by atoms with van der Waals surface area (Å²) in [7, 11) is 0. The Labute approximate surface area is 135 Å². The number of rotatable bonds is 4. The molecule has 3 rings (SSSR count). The molecule has 7 heteroatoms. The van der Waals surface area contributed by atoms with Crippen LogP contribution < -0.4 is 11.2 Å². The molecule has 0 spiro atoms. The summed E-state index contributed by atoms with van der Waals surface area (Å²) in [4.78, 5) is 30.1. The first-order valence-electron chi connectivity index (χ1n) is 7.27. The third-order valence-corrected chi connectivity index (χ3v) is 3.61. The molecule has 0 fully saturated rings. The number of aromatic amines is 1. The van der Waals surface area contributed by atoms with E-state index in [9.17, 15) is 19.1 Å². The van der Waals surface area contributed by atoms with Gasteiger partial charge in [0.25, 0.3) is 5.56 Å². The standard InChI is InChI=1S/C17H14FN3O3/c18-12-5-3-11(4-6-12)7-9-21-16(23)14(15(22)20-17(21)24)10-13-2-1-8-19-13/h1-6,8,10,23H,7,9H2,(H,20,22,24). The largest absolute Gasteiger partial charge is 0.494 e. The second-order valence-corrected chi connectivity index (χ2v) is 5.23. The van der Waals surface area contributed by atoms with E-state index in [0.717, 1.165) is 10.1 Å². The minimum Gasteiger partial charge on any atom is -0.494 e. The van der Waals surface area contributed by atoms with E-state index in [1.165, 1.54) is 18.2 Å². The molecule has 2 heterocycles. The van der Waals surface area contributed by atoms with Crippen molar-refractivity contribution in [3.8, 4) is 5.88 Å². The van der Waals surface area contributed by atoms with Gasteiger partial charge >= 0.3 is 5.69 Å². The second-order valence-electron chi connectivity index (χ2n) is 5.23. The molecular formula is C17H14FN3O3. The molecule has 2 N–H and O–H groups in total. The van der Waals surface area contributed by atoms with E-state index in [-0.39, 0.29) is 17.9 Å². The van der Waals surface area contributed by atoms with Crippen molar-refractivity contribution in [3.05, 3.63) is 79.9 Å². The lowest BCUT2D eigenvalue weighted by Gasteiger charge is -2.10. The third kappa shape index (κ3) is 3.24. The molecule has 0 saturated carbocycles. The van der Waals surface area contributed by atoms with Gasteiger partial charge in [-0.25, -0.2) is 9.18 Å². The van der Waals surface area contributed by atoms with Crippen LogP contribution in [0.2, 0.25) is 0 Å². The summed E-state index contributed by atoms with van der Waals surface area (Å²) in [5.74, 6) is -0.768. The summed E-state index contributed by atoms with van der Waals surface area (Å²) in [5, 5.41) is 10.3. The first-order chi connectivity index (χ1) is 11.5. The van der Waals surface area contributed by atoms with Gasteiger partial charge < -0.3 is 5.11 Å². The van der Waals surface area contributed by atoms with Gasteiger partial charge in [-0.1, -0.05) is 12.1 Å². The summed E-state index contributed by atoms with van der Waals surface area (Å²) in [6, 6.07) is 5.85. The molecule has 1 aliphatic heterocycles. The smallest absolute Gasteiger partial charge is 0.331 e. The number of aromatic nitrogens is 2. The van der Waals surface area contributed by atoms with E-state index in [2.05, 4.69) is 9.98 Å². The van der Waals surface area contributed by atoms with E-state index in [4.69, 9.17) is 0 Å². The zero-order chi connectivity index (χ0) is 17.1. The number of nitrogens with one attached hydrogen (secondary N) is 1. The molecule has 0 bridgehead atoms. The minimum absolute atomic E-state index is 0.0348. The fraction of sp³-hybridized carbons (Fsp3) is 0.118. The molecule has 1 aliphatic rings. The van der Waals surface area contributed by atoms with Crippen molar-refractivity contribution in [2.75, 3.05) is 0 Å². The van der Waals surface area contributed by atoms with Crippen molar-refractivity contribution in [1.82, 2.24) is 9.55 Å². The van der Waals surface area contributed by atoms with Crippen LogP contribution in [0.4, 0.5) is 4.39 Å². The molecule has 24 heavy (non-hydrogen) atoms. The highest BCUT2D eigenvalue weighted by Gasteiger charge is 2.13. The summed E-state index contributed by atoms with van der Waals surface area (Å²) in [5.41, 5.74) is -0.116. The molecule has 6 nitrogen and oxygen atoms in total. The van der Waals surface area contributed by atoms with Gasteiger partial charge in [-0.3, -0.25) is 19.3 Å². The fourth-order valence-corrected chi connectivity index (χ4v) is 2.35. The van der Waals surface area contributed by atoms with Gasteiger partial charge in [0.15, 0.2) is 0 Å². The average Bonchev–Trinajstić information content (AvgIpc) is 3.06. The molecule has 1 aromatic heterocycles. The Bertz CT molecular complexity index is 952. The van der Waals surface area contributed by atoms with Gasteiger partial charge in [-0.05, 0) is 42.3 Å². The topological polar surface area (TPSA) is 87.5 Å². The molecule has 0 radical (unpaired) electrons. The van der Waals surface area contributed by atoms with Gasteiger partial charge in [-0.2, -0.15) is 0 Å². The van der Waals surface area contributed by atoms with Crippen molar-refractivity contribution >= 4 is 12.3 Å². The number of benzene rings is 1. The lowest BCUT2D eigenvalue weighted by atomic mass is 10.1. The fourth-order valence-electron chi connectivity index (χ4n) is 2.35. The van der Waals surface area contributed by atoms with E-state index in [1.54, 1.807) is 30.5 Å². The number of nitrogens with zero attached hydrogens (tertiary/aromatic N) is 2. The van der Waals surface area contributed by atoms with Crippen LogP contribution in [0.3, 0.4) is 0 Å². The Balaban J connectivity index is 1.93. The number of aromatic hydroxyl groups is 1. The Hall–Kier alpha value is -3.22. The van der Waals surface area contributed by atoms with Crippen molar-refractivity contribution in [1.29, 1.82) is 0 Å². The summed E-state index contributed by atoms with van der Waals surface area (Å²) < 4.78 is 14.0. The lowest BCUT2D eigenvalue weighted by molar-refractivity contribution is 0.399.